The molecule has 3 heterocycles. The lowest BCUT2D eigenvalue weighted by Crippen LogP contribution is -2.37. The standard InChI is InChI=1S/C31H25N3O8S4/c1-17(18-8-3-2-4-9-18)19(14-22-32(13-7-12-23(35)36)20-10-5-6-11-21(20)44-22)26-28(41)33(15-24(37)38)30(45-26)27-29(42)34(16-25(39)40)31(43)46-27/h2-6,8-11,14H,1,7,12-13,15-16H2,(H,35,36)(H,37,38)(H,39,40). The van der Waals surface area contributed by atoms with Gasteiger partial charge in [-0.05, 0) is 35.8 Å². The van der Waals surface area contributed by atoms with Gasteiger partial charge in [0.1, 0.15) is 31.5 Å². The number of hydrogen-bond donors (Lipinski definition) is 3. The number of aromatic nitrogens is 1. The maximum atomic E-state index is 14.1. The summed E-state index contributed by atoms with van der Waals surface area (Å²) in [6.45, 7) is 3.24. The van der Waals surface area contributed by atoms with Crippen molar-refractivity contribution in [1.82, 2.24) is 9.47 Å². The van der Waals surface area contributed by atoms with Crippen LogP contribution in [0.1, 0.15) is 18.4 Å². The van der Waals surface area contributed by atoms with E-state index < -0.39 is 42.5 Å². The second-order valence-electron chi connectivity index (χ2n) is 9.96. The Morgan fingerprint density at radius 2 is 1.54 bits per heavy atom. The molecule has 0 unspecified atom stereocenters. The van der Waals surface area contributed by atoms with Crippen LogP contribution in [0.3, 0.4) is 0 Å². The van der Waals surface area contributed by atoms with Crippen LogP contribution in [0.4, 0.5) is 5.69 Å². The minimum absolute atomic E-state index is 0.0242. The number of nitrogens with zero attached hydrogens (tertiary/aromatic N) is 3. The number of rotatable bonds is 11. The van der Waals surface area contributed by atoms with E-state index in [1.807, 2.05) is 59.5 Å². The Morgan fingerprint density at radius 1 is 0.870 bits per heavy atom. The smallest absolute Gasteiger partial charge is 0.323 e. The number of benzene rings is 2. The van der Waals surface area contributed by atoms with E-state index in [0.29, 0.717) is 34.7 Å². The van der Waals surface area contributed by atoms with Crippen molar-refractivity contribution in [2.45, 2.75) is 24.3 Å². The lowest BCUT2D eigenvalue weighted by molar-refractivity contribution is -0.140. The average molecular weight is 696 g/mol. The fourth-order valence-corrected chi connectivity index (χ4v) is 8.54. The lowest BCUT2D eigenvalue weighted by Gasteiger charge is -2.21. The minimum atomic E-state index is -1.32. The van der Waals surface area contributed by atoms with Crippen LogP contribution >= 0.6 is 47.1 Å². The third-order valence-electron chi connectivity index (χ3n) is 6.88. The van der Waals surface area contributed by atoms with Gasteiger partial charge in [0.25, 0.3) is 11.5 Å². The summed E-state index contributed by atoms with van der Waals surface area (Å²) < 4.78 is 1.10. The van der Waals surface area contributed by atoms with Gasteiger partial charge in [0.15, 0.2) is 0 Å². The number of allylic oxidation sites excluding steroid dienone is 2. The van der Waals surface area contributed by atoms with E-state index in [4.69, 9.17) is 12.2 Å². The van der Waals surface area contributed by atoms with Crippen LogP contribution in [-0.2, 0) is 25.7 Å². The van der Waals surface area contributed by atoms with Crippen LogP contribution in [0.15, 0.2) is 82.0 Å². The van der Waals surface area contributed by atoms with Crippen LogP contribution < -0.4 is 19.7 Å². The zero-order valence-electron chi connectivity index (χ0n) is 23.9. The summed E-state index contributed by atoms with van der Waals surface area (Å²) in [6.07, 6.45) is 2.09. The summed E-state index contributed by atoms with van der Waals surface area (Å²) in [7, 11) is 0. The van der Waals surface area contributed by atoms with E-state index in [1.54, 1.807) is 6.08 Å². The molecular weight excluding hydrogens is 671 g/mol. The fraction of sp³-hybridized carbons (Fsp3) is 0.161. The predicted molar refractivity (Wildman–Crippen MR) is 182 cm³/mol. The molecule has 5 rings (SSSR count). The first kappa shape index (κ1) is 32.9. The largest absolute Gasteiger partial charge is 0.481 e. The third-order valence-corrected chi connectivity index (χ3v) is 10.8. The highest BCUT2D eigenvalue weighted by atomic mass is 32.2. The molecule has 236 valence electrons. The number of carbonyl (C=O) groups excluding carboxylic acids is 1. The summed E-state index contributed by atoms with van der Waals surface area (Å²) in [5, 5.41) is 28.9. The Kier molecular flexibility index (Phi) is 9.96. The molecule has 0 aliphatic carbocycles. The van der Waals surface area contributed by atoms with Gasteiger partial charge in [-0.1, -0.05) is 84.8 Å². The molecule has 2 aromatic carbocycles. The molecule has 11 nitrogen and oxygen atoms in total. The number of amides is 1. The third kappa shape index (κ3) is 6.87. The lowest BCUT2D eigenvalue weighted by atomic mass is 9.99. The topological polar surface area (TPSA) is 157 Å². The van der Waals surface area contributed by atoms with Crippen molar-refractivity contribution in [3.8, 4) is 0 Å². The maximum Gasteiger partial charge on any atom is 0.323 e. The molecule has 1 amide bonds. The van der Waals surface area contributed by atoms with Crippen molar-refractivity contribution in [2.75, 3.05) is 18.0 Å². The first-order valence-corrected chi connectivity index (χ1v) is 16.5. The summed E-state index contributed by atoms with van der Waals surface area (Å²) in [5.74, 6) is -4.25. The Morgan fingerprint density at radius 3 is 2.22 bits per heavy atom. The minimum Gasteiger partial charge on any atom is -0.481 e. The summed E-state index contributed by atoms with van der Waals surface area (Å²) in [4.78, 5) is 65.7. The molecule has 15 heteroatoms. The number of para-hydroxylation sites is 1. The zero-order chi connectivity index (χ0) is 33.1. The van der Waals surface area contributed by atoms with Gasteiger partial charge in [0, 0.05) is 23.4 Å². The van der Waals surface area contributed by atoms with Gasteiger partial charge in [0.05, 0.1) is 10.7 Å². The number of carboxylic acid groups (broad SMARTS) is 3. The van der Waals surface area contributed by atoms with Crippen LogP contribution in [-0.4, -0.2) is 66.0 Å². The van der Waals surface area contributed by atoms with Crippen molar-refractivity contribution in [3.63, 3.8) is 0 Å². The van der Waals surface area contributed by atoms with E-state index >= 15 is 0 Å². The van der Waals surface area contributed by atoms with Gasteiger partial charge in [-0.25, -0.2) is 0 Å². The Hall–Kier alpha value is -4.44. The zero-order valence-corrected chi connectivity index (χ0v) is 27.1. The Labute approximate surface area is 279 Å². The Balaban J connectivity index is 1.78. The quantitative estimate of drug-likeness (QED) is 0.252. The second-order valence-corrected chi connectivity index (χ2v) is 13.7. The first-order valence-electron chi connectivity index (χ1n) is 13.6. The normalized spacial score (nSPS) is 17.0. The fourth-order valence-electron chi connectivity index (χ4n) is 4.81. The number of thioether (sulfide) groups is 2. The van der Waals surface area contributed by atoms with Crippen molar-refractivity contribution < 1.29 is 34.5 Å². The summed E-state index contributed by atoms with van der Waals surface area (Å²) in [6, 6.07) is 16.7. The van der Waals surface area contributed by atoms with Crippen molar-refractivity contribution in [1.29, 1.82) is 0 Å². The van der Waals surface area contributed by atoms with E-state index in [0.717, 1.165) is 43.1 Å². The molecule has 0 radical (unpaired) electrons. The number of hydrogen-bond acceptors (Lipinski definition) is 10. The summed E-state index contributed by atoms with van der Waals surface area (Å²) >= 11 is 8.38. The van der Waals surface area contributed by atoms with Gasteiger partial charge < -0.3 is 20.2 Å². The molecule has 2 aliphatic heterocycles. The molecule has 0 bridgehead atoms. The Bertz CT molecular complexity index is 2020. The number of thiocarbonyl (C=S) groups is 1. The molecular formula is C31H25N3O8S4. The molecule has 1 fully saturated rings. The molecule has 46 heavy (non-hydrogen) atoms. The number of thiazole rings is 1. The van der Waals surface area contributed by atoms with E-state index in [9.17, 15) is 39.3 Å². The number of carboxylic acids is 3. The monoisotopic (exact) mass is 695 g/mol. The van der Waals surface area contributed by atoms with Crippen molar-refractivity contribution in [2.24, 2.45) is 0 Å². The first-order chi connectivity index (χ1) is 22.0. The summed E-state index contributed by atoms with van der Waals surface area (Å²) in [5.41, 5.74) is 1.73. The van der Waals surface area contributed by atoms with Crippen LogP contribution in [0, 0.1) is 0 Å². The number of aliphatic carboxylic acids is 3. The maximum absolute atomic E-state index is 14.1. The average Bonchev–Trinajstić information content (AvgIpc) is 3.62. The van der Waals surface area contributed by atoms with Gasteiger partial charge in [-0.2, -0.15) is 0 Å². The number of fused-ring (bicyclic) bond motifs is 1. The molecule has 1 saturated heterocycles. The molecule has 3 N–H and O–H groups in total. The highest BCUT2D eigenvalue weighted by Crippen LogP contribution is 2.47. The van der Waals surface area contributed by atoms with Crippen LogP contribution in [0.5, 0.6) is 0 Å². The highest BCUT2D eigenvalue weighted by Gasteiger charge is 2.36. The number of anilines is 1. The van der Waals surface area contributed by atoms with Crippen molar-refractivity contribution in [3.05, 3.63) is 97.4 Å². The predicted octanol–water partition coefficient (Wildman–Crippen LogP) is 3.23. The molecule has 2 aliphatic rings. The van der Waals surface area contributed by atoms with Crippen LogP contribution in [0.25, 0.3) is 16.1 Å². The van der Waals surface area contributed by atoms with E-state index in [2.05, 4.69) is 6.58 Å². The molecule has 0 atom stereocenters. The SMILES string of the molecule is C=C(C(C=C1Sc2ccccc2N1CCCC(=O)O)=c1sc(=C2SC(=S)N(CC(=O)O)C2=O)n(CC(=O)O)c1=O)c1ccccc1. The van der Waals surface area contributed by atoms with E-state index in [1.165, 1.54) is 11.8 Å². The highest BCUT2D eigenvalue weighted by molar-refractivity contribution is 8.30. The molecule has 0 saturated carbocycles. The van der Waals surface area contributed by atoms with Gasteiger partial charge in [0.2, 0.25) is 0 Å². The molecule has 3 aromatic rings. The second kappa shape index (κ2) is 13.9. The molecule has 0 spiro atoms. The number of carbonyl (C=O) groups is 4. The van der Waals surface area contributed by atoms with Gasteiger partial charge in [-0.15, -0.1) is 11.3 Å². The van der Waals surface area contributed by atoms with Crippen molar-refractivity contribution >= 4 is 97.0 Å². The van der Waals surface area contributed by atoms with Crippen LogP contribution in [0.2, 0.25) is 0 Å². The van der Waals surface area contributed by atoms with Gasteiger partial charge >= 0.3 is 17.9 Å². The van der Waals surface area contributed by atoms with Gasteiger partial charge in [-0.3, -0.25) is 33.4 Å². The van der Waals surface area contributed by atoms with E-state index in [-0.39, 0.29) is 24.8 Å². The molecule has 1 aromatic heterocycles.